The van der Waals surface area contributed by atoms with E-state index >= 15 is 0 Å². The fourth-order valence-electron chi connectivity index (χ4n) is 3.19. The van der Waals surface area contributed by atoms with Gasteiger partial charge in [0, 0.05) is 16.1 Å². The van der Waals surface area contributed by atoms with Gasteiger partial charge < -0.3 is 10.1 Å². The Morgan fingerprint density at radius 3 is 3.04 bits per heavy atom. The maximum Gasteiger partial charge on any atom is 0.276 e. The Labute approximate surface area is 171 Å². The average molecular weight is 413 g/mol. The van der Waals surface area contributed by atoms with Gasteiger partial charge in [-0.15, -0.1) is 11.3 Å². The van der Waals surface area contributed by atoms with Crippen LogP contribution in [-0.4, -0.2) is 15.7 Å². The van der Waals surface area contributed by atoms with Crippen LogP contribution < -0.4 is 10.1 Å². The van der Waals surface area contributed by atoms with Crippen molar-refractivity contribution < 1.29 is 9.53 Å². The number of hydrogen-bond donors (Lipinski definition) is 1. The third-order valence-corrected chi connectivity index (χ3v) is 5.99. The zero-order chi connectivity index (χ0) is 19.5. The average Bonchev–Trinajstić information content (AvgIpc) is 3.30. The largest absolute Gasteiger partial charge is 0.471 e. The molecule has 0 aliphatic heterocycles. The standard InChI is InChI=1S/C20H17ClN4O2S/c21-13-4-3-5-14(10-13)27-12-25-9-8-17(24-25)19(26)23-20-16(11-22)15-6-1-2-7-18(15)28-20/h3-5,8-10H,1-2,6-7,12H2,(H,23,26). The first-order valence-corrected chi connectivity index (χ1v) is 10.1. The first-order chi connectivity index (χ1) is 13.6. The molecule has 0 saturated heterocycles. The van der Waals surface area contributed by atoms with Crippen molar-refractivity contribution in [1.82, 2.24) is 9.78 Å². The van der Waals surface area contributed by atoms with Crippen LogP contribution in [0.5, 0.6) is 5.75 Å². The van der Waals surface area contributed by atoms with Crippen molar-refractivity contribution in [2.24, 2.45) is 0 Å². The smallest absolute Gasteiger partial charge is 0.276 e. The van der Waals surface area contributed by atoms with E-state index in [0.29, 0.717) is 21.3 Å². The summed E-state index contributed by atoms with van der Waals surface area (Å²) in [5.74, 6) is 0.286. The molecule has 3 aromatic rings. The van der Waals surface area contributed by atoms with Crippen molar-refractivity contribution in [1.29, 1.82) is 5.26 Å². The molecule has 1 aliphatic rings. The van der Waals surface area contributed by atoms with Crippen LogP contribution in [0.1, 0.15) is 39.3 Å². The number of carbonyl (C=O) groups is 1. The van der Waals surface area contributed by atoms with Crippen molar-refractivity contribution in [2.45, 2.75) is 32.4 Å². The number of benzene rings is 1. The number of halogens is 1. The summed E-state index contributed by atoms with van der Waals surface area (Å²) in [6, 6.07) is 10.9. The number of hydrogen-bond acceptors (Lipinski definition) is 5. The molecule has 0 radical (unpaired) electrons. The topological polar surface area (TPSA) is 79.9 Å². The van der Waals surface area contributed by atoms with Gasteiger partial charge in [0.2, 0.25) is 0 Å². The van der Waals surface area contributed by atoms with Crippen LogP contribution in [0.15, 0.2) is 36.5 Å². The van der Waals surface area contributed by atoms with Crippen LogP contribution in [0.4, 0.5) is 5.00 Å². The SMILES string of the molecule is N#Cc1c(NC(=O)c2ccn(COc3cccc(Cl)c3)n2)sc2c1CCCC2. The van der Waals surface area contributed by atoms with Crippen molar-refractivity contribution in [3.63, 3.8) is 0 Å². The summed E-state index contributed by atoms with van der Waals surface area (Å²) in [6.07, 6.45) is 5.76. The Morgan fingerprint density at radius 1 is 1.36 bits per heavy atom. The summed E-state index contributed by atoms with van der Waals surface area (Å²) < 4.78 is 7.15. The number of nitriles is 1. The van der Waals surface area contributed by atoms with Crippen molar-refractivity contribution in [3.8, 4) is 11.8 Å². The predicted molar refractivity (Wildman–Crippen MR) is 108 cm³/mol. The van der Waals surface area contributed by atoms with Gasteiger partial charge in [0.25, 0.3) is 5.91 Å². The summed E-state index contributed by atoms with van der Waals surface area (Å²) in [4.78, 5) is 13.8. The van der Waals surface area contributed by atoms with Crippen LogP contribution in [0.3, 0.4) is 0 Å². The molecule has 0 fully saturated rings. The summed E-state index contributed by atoms with van der Waals surface area (Å²) in [6.45, 7) is 0.157. The molecule has 0 bridgehead atoms. The van der Waals surface area contributed by atoms with E-state index in [9.17, 15) is 10.1 Å². The van der Waals surface area contributed by atoms with Gasteiger partial charge >= 0.3 is 0 Å². The Kier molecular flexibility index (Phi) is 5.33. The third kappa shape index (κ3) is 3.88. The van der Waals surface area contributed by atoms with Crippen LogP contribution >= 0.6 is 22.9 Å². The van der Waals surface area contributed by atoms with Gasteiger partial charge in [0.15, 0.2) is 12.4 Å². The van der Waals surface area contributed by atoms with Gasteiger partial charge in [0.05, 0.1) is 5.56 Å². The lowest BCUT2D eigenvalue weighted by atomic mass is 9.96. The van der Waals surface area contributed by atoms with Gasteiger partial charge in [-0.2, -0.15) is 10.4 Å². The Hall–Kier alpha value is -2.82. The van der Waals surface area contributed by atoms with Gasteiger partial charge in [-0.25, -0.2) is 4.68 Å². The molecule has 2 aromatic heterocycles. The number of aromatic nitrogens is 2. The normalized spacial score (nSPS) is 12.9. The number of thiophene rings is 1. The third-order valence-electron chi connectivity index (χ3n) is 4.54. The lowest BCUT2D eigenvalue weighted by molar-refractivity contribution is 0.102. The molecule has 1 N–H and O–H groups in total. The Bertz CT molecular complexity index is 1070. The summed E-state index contributed by atoms with van der Waals surface area (Å²) in [5, 5.41) is 17.8. The van der Waals surface area contributed by atoms with Gasteiger partial charge in [-0.05, 0) is 55.5 Å². The van der Waals surface area contributed by atoms with Crippen LogP contribution in [-0.2, 0) is 19.6 Å². The zero-order valence-electron chi connectivity index (χ0n) is 14.9. The molecular formula is C20H17ClN4O2S. The molecule has 1 aliphatic carbocycles. The Morgan fingerprint density at radius 2 is 2.21 bits per heavy atom. The minimum Gasteiger partial charge on any atom is -0.471 e. The number of nitrogens with one attached hydrogen (secondary N) is 1. The molecule has 0 unspecified atom stereocenters. The zero-order valence-corrected chi connectivity index (χ0v) is 16.5. The van der Waals surface area contributed by atoms with E-state index in [1.165, 1.54) is 20.9 Å². The lowest BCUT2D eigenvalue weighted by Crippen LogP contribution is -2.14. The molecule has 2 heterocycles. The van der Waals surface area contributed by atoms with E-state index in [-0.39, 0.29) is 18.3 Å². The van der Waals surface area contributed by atoms with Crippen LogP contribution in [0.25, 0.3) is 0 Å². The minimum absolute atomic E-state index is 0.157. The number of amides is 1. The highest BCUT2D eigenvalue weighted by Gasteiger charge is 2.22. The second kappa shape index (κ2) is 8.05. The van der Waals surface area contributed by atoms with E-state index in [1.807, 2.05) is 0 Å². The number of fused-ring (bicyclic) bond motifs is 1. The first-order valence-electron chi connectivity index (χ1n) is 8.92. The number of carbonyl (C=O) groups excluding carboxylic acids is 1. The second-order valence-electron chi connectivity index (χ2n) is 6.45. The molecule has 1 amide bonds. The molecule has 0 saturated carbocycles. The highest BCUT2D eigenvalue weighted by molar-refractivity contribution is 7.16. The molecule has 0 atom stereocenters. The van der Waals surface area contributed by atoms with Gasteiger partial charge in [-0.3, -0.25) is 4.79 Å². The van der Waals surface area contributed by atoms with Crippen molar-refractivity contribution >= 4 is 33.8 Å². The van der Waals surface area contributed by atoms with Gasteiger partial charge in [-0.1, -0.05) is 17.7 Å². The number of ether oxygens (including phenoxy) is 1. The number of aryl methyl sites for hydroxylation is 1. The maximum atomic E-state index is 12.6. The first kappa shape index (κ1) is 18.5. The molecule has 8 heteroatoms. The highest BCUT2D eigenvalue weighted by Crippen LogP contribution is 2.37. The fourth-order valence-corrected chi connectivity index (χ4v) is 4.61. The Balaban J connectivity index is 1.44. The van der Waals surface area contributed by atoms with E-state index in [0.717, 1.165) is 31.2 Å². The predicted octanol–water partition coefficient (Wildman–Crippen LogP) is 4.64. The molecule has 6 nitrogen and oxygen atoms in total. The number of nitrogens with zero attached hydrogens (tertiary/aromatic N) is 3. The van der Waals surface area contributed by atoms with Crippen molar-refractivity contribution in [2.75, 3.05) is 5.32 Å². The minimum atomic E-state index is -0.336. The summed E-state index contributed by atoms with van der Waals surface area (Å²) in [7, 11) is 0. The summed E-state index contributed by atoms with van der Waals surface area (Å²) in [5.41, 5.74) is 1.95. The highest BCUT2D eigenvalue weighted by atomic mass is 35.5. The van der Waals surface area contributed by atoms with Crippen LogP contribution in [0.2, 0.25) is 5.02 Å². The molecule has 0 spiro atoms. The monoisotopic (exact) mass is 412 g/mol. The lowest BCUT2D eigenvalue weighted by Gasteiger charge is -2.09. The fraction of sp³-hybridized carbons (Fsp3) is 0.250. The molecule has 142 valence electrons. The molecule has 1 aromatic carbocycles. The summed E-state index contributed by atoms with van der Waals surface area (Å²) >= 11 is 7.43. The molecular weight excluding hydrogens is 396 g/mol. The molecule has 4 rings (SSSR count). The van der Waals surface area contributed by atoms with E-state index < -0.39 is 0 Å². The quantitative estimate of drug-likeness (QED) is 0.662. The van der Waals surface area contributed by atoms with Crippen molar-refractivity contribution in [3.05, 3.63) is 63.2 Å². The van der Waals surface area contributed by atoms with E-state index in [1.54, 1.807) is 36.5 Å². The van der Waals surface area contributed by atoms with Gasteiger partial charge in [0.1, 0.15) is 16.8 Å². The van der Waals surface area contributed by atoms with E-state index in [2.05, 4.69) is 16.5 Å². The molecule has 28 heavy (non-hydrogen) atoms. The number of anilines is 1. The second-order valence-corrected chi connectivity index (χ2v) is 7.99. The van der Waals surface area contributed by atoms with Crippen LogP contribution in [0, 0.1) is 11.3 Å². The van der Waals surface area contributed by atoms with E-state index in [4.69, 9.17) is 16.3 Å². The maximum absolute atomic E-state index is 12.6. The number of rotatable bonds is 5.